The minimum Gasteiger partial charge on any atom is -0.481 e. The number of thioether (sulfide) groups is 1. The van der Waals surface area contributed by atoms with Crippen LogP contribution in [-0.2, 0) is 4.79 Å². The van der Waals surface area contributed by atoms with Gasteiger partial charge in [0.05, 0.1) is 3.57 Å². The van der Waals surface area contributed by atoms with Gasteiger partial charge in [0, 0.05) is 17.8 Å². The number of carbonyl (C=O) groups is 1. The van der Waals surface area contributed by atoms with E-state index in [1.807, 2.05) is 18.2 Å². The summed E-state index contributed by atoms with van der Waals surface area (Å²) in [6.45, 7) is -0.333. The topological polar surface area (TPSA) is 46.5 Å². The van der Waals surface area contributed by atoms with Crippen molar-refractivity contribution in [3.05, 3.63) is 94.6 Å². The summed E-state index contributed by atoms with van der Waals surface area (Å²) in [6.07, 6.45) is 2.26. The highest BCUT2D eigenvalue weighted by molar-refractivity contribution is 14.1. The lowest BCUT2D eigenvalue weighted by Crippen LogP contribution is -2.10. The molecule has 0 bridgehead atoms. The van der Waals surface area contributed by atoms with Crippen molar-refractivity contribution < 1.29 is 14.6 Å². The summed E-state index contributed by atoms with van der Waals surface area (Å²) in [5.74, 6) is 0.433. The quantitative estimate of drug-likeness (QED) is 0.196. The lowest BCUT2D eigenvalue weighted by molar-refractivity contribution is -0.139. The number of carboxylic acids is 1. The van der Waals surface area contributed by atoms with E-state index < -0.39 is 5.97 Å². The maximum atomic E-state index is 10.7. The Morgan fingerprint density at radius 1 is 0.900 bits per heavy atom. The SMILES string of the molecule is O=C(O)COc1ccc(SCC=C(c2ccc(I)cc2)c2ccc(I)cc2)cc1I. The highest BCUT2D eigenvalue weighted by Gasteiger charge is 2.08. The Kier molecular flexibility index (Phi) is 9.33. The predicted molar refractivity (Wildman–Crippen MR) is 148 cm³/mol. The maximum absolute atomic E-state index is 10.7. The molecule has 3 nitrogen and oxygen atoms in total. The summed E-state index contributed by atoms with van der Waals surface area (Å²) in [6, 6.07) is 23.0. The lowest BCUT2D eigenvalue weighted by atomic mass is 9.98. The second-order valence-corrected chi connectivity index (χ2v) is 11.0. The number of benzene rings is 3. The van der Waals surface area contributed by atoms with Gasteiger partial charge in [-0.25, -0.2) is 4.79 Å². The van der Waals surface area contributed by atoms with E-state index in [9.17, 15) is 4.79 Å². The van der Waals surface area contributed by atoms with Crippen LogP contribution >= 0.6 is 79.5 Å². The molecule has 7 heteroatoms. The summed E-state index contributed by atoms with van der Waals surface area (Å²) in [7, 11) is 0. The standard InChI is InChI=1S/C23H17I3O3S/c24-17-5-1-15(2-6-17)20(16-3-7-18(25)8-4-16)11-12-30-19-9-10-22(21(26)13-19)29-14-23(27)28/h1-11,13H,12,14H2,(H,27,28). The van der Waals surface area contributed by atoms with Crippen LogP contribution in [0.5, 0.6) is 5.75 Å². The van der Waals surface area contributed by atoms with Gasteiger partial charge in [-0.3, -0.25) is 0 Å². The van der Waals surface area contributed by atoms with Gasteiger partial charge in [-0.15, -0.1) is 11.8 Å². The van der Waals surface area contributed by atoms with Crippen LogP contribution < -0.4 is 4.74 Å². The first kappa shape index (κ1) is 23.9. The molecule has 0 atom stereocenters. The Labute approximate surface area is 221 Å². The first-order chi connectivity index (χ1) is 14.4. The molecular weight excluding hydrogens is 737 g/mol. The van der Waals surface area contributed by atoms with E-state index in [4.69, 9.17) is 9.84 Å². The van der Waals surface area contributed by atoms with Crippen molar-refractivity contribution in [1.82, 2.24) is 0 Å². The van der Waals surface area contributed by atoms with E-state index in [0.29, 0.717) is 5.75 Å². The number of rotatable bonds is 8. The Hall–Kier alpha value is -0.790. The first-order valence-electron chi connectivity index (χ1n) is 8.91. The molecule has 0 radical (unpaired) electrons. The van der Waals surface area contributed by atoms with Crippen molar-refractivity contribution in [2.24, 2.45) is 0 Å². The van der Waals surface area contributed by atoms with Crippen molar-refractivity contribution in [2.45, 2.75) is 4.90 Å². The van der Waals surface area contributed by atoms with E-state index in [-0.39, 0.29) is 6.61 Å². The Morgan fingerprint density at radius 3 is 1.97 bits per heavy atom. The molecule has 3 aromatic carbocycles. The zero-order valence-corrected chi connectivity index (χ0v) is 22.9. The number of aliphatic carboxylic acids is 1. The van der Waals surface area contributed by atoms with Gasteiger partial charge < -0.3 is 9.84 Å². The molecule has 0 heterocycles. The molecule has 0 amide bonds. The summed E-state index contributed by atoms with van der Waals surface area (Å²) in [5, 5.41) is 8.77. The van der Waals surface area contributed by atoms with Gasteiger partial charge in [-0.1, -0.05) is 30.3 Å². The zero-order valence-electron chi connectivity index (χ0n) is 15.6. The van der Waals surface area contributed by atoms with Gasteiger partial charge >= 0.3 is 5.97 Å². The van der Waals surface area contributed by atoms with Crippen LogP contribution in [0.2, 0.25) is 0 Å². The van der Waals surface area contributed by atoms with Gasteiger partial charge in [0.1, 0.15) is 5.75 Å². The third kappa shape index (κ3) is 7.13. The van der Waals surface area contributed by atoms with Crippen LogP contribution in [0.4, 0.5) is 0 Å². The molecule has 3 aromatic rings. The van der Waals surface area contributed by atoms with Crippen LogP contribution in [0.3, 0.4) is 0 Å². The minimum atomic E-state index is -0.979. The van der Waals surface area contributed by atoms with Crippen LogP contribution in [0.1, 0.15) is 11.1 Å². The maximum Gasteiger partial charge on any atom is 0.341 e. The van der Waals surface area contributed by atoms with Crippen molar-refractivity contribution in [3.8, 4) is 5.75 Å². The number of carboxylic acid groups (broad SMARTS) is 1. The fourth-order valence-electron chi connectivity index (χ4n) is 2.71. The fraction of sp³-hybridized carbons (Fsp3) is 0.0870. The molecule has 30 heavy (non-hydrogen) atoms. The molecule has 0 fully saturated rings. The number of hydrogen-bond donors (Lipinski definition) is 1. The van der Waals surface area contributed by atoms with Gasteiger partial charge in [-0.2, -0.15) is 0 Å². The average Bonchev–Trinajstić information content (AvgIpc) is 2.72. The fourth-order valence-corrected chi connectivity index (χ4v) is 5.12. The minimum absolute atomic E-state index is 0.333. The predicted octanol–water partition coefficient (Wildman–Crippen LogP) is 7.19. The van der Waals surface area contributed by atoms with E-state index in [1.54, 1.807) is 11.8 Å². The van der Waals surface area contributed by atoms with Crippen molar-refractivity contribution in [1.29, 1.82) is 0 Å². The summed E-state index contributed by atoms with van der Waals surface area (Å²) >= 11 is 8.55. The monoisotopic (exact) mass is 754 g/mol. The van der Waals surface area contributed by atoms with E-state index in [2.05, 4.69) is 122 Å². The first-order valence-corrected chi connectivity index (χ1v) is 13.1. The molecule has 0 unspecified atom stereocenters. The van der Waals surface area contributed by atoms with Gasteiger partial charge in [0.15, 0.2) is 6.61 Å². The second-order valence-electron chi connectivity index (χ2n) is 6.22. The van der Waals surface area contributed by atoms with Gasteiger partial charge in [0.2, 0.25) is 0 Å². The van der Waals surface area contributed by atoms with Gasteiger partial charge in [-0.05, 0) is 127 Å². The molecule has 1 N–H and O–H groups in total. The molecular formula is C23H17I3O3S. The molecule has 3 rings (SSSR count). The summed E-state index contributed by atoms with van der Waals surface area (Å²) < 4.78 is 8.63. The van der Waals surface area contributed by atoms with E-state index >= 15 is 0 Å². The number of halogens is 3. The van der Waals surface area contributed by atoms with Gasteiger partial charge in [0.25, 0.3) is 0 Å². The second kappa shape index (κ2) is 11.7. The highest BCUT2D eigenvalue weighted by Crippen LogP contribution is 2.30. The third-order valence-electron chi connectivity index (χ3n) is 4.10. The molecule has 0 saturated carbocycles. The zero-order chi connectivity index (χ0) is 21.5. The molecule has 0 aliphatic rings. The Bertz CT molecular complexity index is 1000. The number of hydrogen-bond acceptors (Lipinski definition) is 3. The molecule has 0 saturated heterocycles. The smallest absolute Gasteiger partial charge is 0.341 e. The summed E-state index contributed by atoms with van der Waals surface area (Å²) in [5.41, 5.74) is 3.61. The van der Waals surface area contributed by atoms with E-state index in [1.165, 1.54) is 23.8 Å². The van der Waals surface area contributed by atoms with Crippen LogP contribution in [0.25, 0.3) is 5.57 Å². The van der Waals surface area contributed by atoms with Crippen molar-refractivity contribution in [2.75, 3.05) is 12.4 Å². The van der Waals surface area contributed by atoms with E-state index in [0.717, 1.165) is 14.2 Å². The Morgan fingerprint density at radius 2 is 1.47 bits per heavy atom. The highest BCUT2D eigenvalue weighted by atomic mass is 127. The average molecular weight is 754 g/mol. The molecule has 0 aliphatic heterocycles. The summed E-state index contributed by atoms with van der Waals surface area (Å²) in [4.78, 5) is 11.8. The normalized spacial score (nSPS) is 10.5. The number of ether oxygens (including phenoxy) is 1. The van der Waals surface area contributed by atoms with Crippen LogP contribution in [0.15, 0.2) is 77.7 Å². The molecule has 0 spiro atoms. The lowest BCUT2D eigenvalue weighted by Gasteiger charge is -2.10. The van der Waals surface area contributed by atoms with Crippen LogP contribution in [-0.4, -0.2) is 23.4 Å². The third-order valence-corrected chi connectivity index (χ3v) is 7.30. The molecule has 154 valence electrons. The van der Waals surface area contributed by atoms with Crippen molar-refractivity contribution >= 4 is 91.1 Å². The largest absolute Gasteiger partial charge is 0.481 e. The molecule has 0 aliphatic carbocycles. The Balaban J connectivity index is 1.77. The van der Waals surface area contributed by atoms with Crippen molar-refractivity contribution in [3.63, 3.8) is 0 Å². The molecule has 0 aromatic heterocycles. The van der Waals surface area contributed by atoms with Crippen LogP contribution in [0, 0.1) is 10.7 Å².